The van der Waals surface area contributed by atoms with E-state index in [0.717, 1.165) is 27.8 Å². The number of hydrogen-bond donors (Lipinski definition) is 1. The van der Waals surface area contributed by atoms with E-state index in [1.807, 2.05) is 13.0 Å². The van der Waals surface area contributed by atoms with Crippen molar-refractivity contribution in [2.24, 2.45) is 0 Å². The minimum absolute atomic E-state index is 0.240. The number of aryl methyl sites for hydroxylation is 1. The van der Waals surface area contributed by atoms with Crippen LogP contribution in [0.1, 0.15) is 12.7 Å². The monoisotopic (exact) mass is 246 g/mol. The lowest BCUT2D eigenvalue weighted by atomic mass is 10.2. The predicted octanol–water partition coefficient (Wildman–Crippen LogP) is 2.12. The Labute approximate surface area is 101 Å². The van der Waals surface area contributed by atoms with Gasteiger partial charge in [0, 0.05) is 12.0 Å². The Kier molecular flexibility index (Phi) is 2.29. The third-order valence-electron chi connectivity index (χ3n) is 2.46. The van der Waals surface area contributed by atoms with Gasteiger partial charge in [-0.3, -0.25) is 0 Å². The summed E-state index contributed by atoms with van der Waals surface area (Å²) in [5.41, 5.74) is 0.891. The summed E-state index contributed by atoms with van der Waals surface area (Å²) in [6.45, 7) is 2.02. The number of benzene rings is 1. The predicted molar refractivity (Wildman–Crippen MR) is 65.1 cm³/mol. The van der Waals surface area contributed by atoms with Gasteiger partial charge >= 0.3 is 0 Å². The van der Waals surface area contributed by atoms with Gasteiger partial charge in [0.05, 0.1) is 0 Å². The normalized spacial score (nSPS) is 11.1. The fourth-order valence-electron chi connectivity index (χ4n) is 1.63. The molecule has 5 nitrogen and oxygen atoms in total. The summed E-state index contributed by atoms with van der Waals surface area (Å²) in [5.74, 6) is 1.09. The van der Waals surface area contributed by atoms with Crippen LogP contribution in [0, 0.1) is 0 Å². The maximum absolute atomic E-state index is 9.44. The average Bonchev–Trinajstić information content (AvgIpc) is 2.87. The van der Waals surface area contributed by atoms with E-state index >= 15 is 0 Å². The molecule has 0 spiro atoms. The van der Waals surface area contributed by atoms with Crippen molar-refractivity contribution in [2.45, 2.75) is 13.3 Å². The highest BCUT2D eigenvalue weighted by Gasteiger charge is 2.11. The fraction of sp³-hybridized carbons (Fsp3) is 0.182. The molecule has 17 heavy (non-hydrogen) atoms. The smallest absolute Gasteiger partial charge is 0.234 e. The minimum atomic E-state index is 0.240. The molecule has 2 aromatic heterocycles. The summed E-state index contributed by atoms with van der Waals surface area (Å²) in [4.78, 5) is 0.778. The maximum atomic E-state index is 9.44. The van der Waals surface area contributed by atoms with E-state index in [1.165, 1.54) is 11.3 Å². The summed E-state index contributed by atoms with van der Waals surface area (Å²) >= 11 is 1.46. The van der Waals surface area contributed by atoms with E-state index in [4.69, 9.17) is 0 Å². The third-order valence-corrected chi connectivity index (χ3v) is 3.41. The molecule has 1 aromatic carbocycles. The molecule has 2 heterocycles. The Morgan fingerprint density at radius 3 is 3.00 bits per heavy atom. The van der Waals surface area contributed by atoms with Crippen LogP contribution in [0.15, 0.2) is 24.3 Å². The molecule has 0 saturated carbocycles. The Bertz CT molecular complexity index is 673. The summed E-state index contributed by atoms with van der Waals surface area (Å²) < 4.78 is 1.75. The standard InChI is InChI=1S/C11H10N4OS/c1-2-9-12-13-11-15(9)14-10(17-11)7-4-3-5-8(16)6-7/h3-6,16H,2H2,1H3. The van der Waals surface area contributed by atoms with Crippen molar-refractivity contribution in [3.05, 3.63) is 30.1 Å². The summed E-state index contributed by atoms with van der Waals surface area (Å²) in [7, 11) is 0. The Balaban J connectivity index is 2.15. The number of hydrogen-bond acceptors (Lipinski definition) is 5. The zero-order chi connectivity index (χ0) is 11.8. The number of phenols is 1. The number of aromatic nitrogens is 4. The number of fused-ring (bicyclic) bond motifs is 1. The van der Waals surface area contributed by atoms with Gasteiger partial charge < -0.3 is 5.11 Å². The van der Waals surface area contributed by atoms with Crippen LogP contribution in [0.25, 0.3) is 15.5 Å². The molecule has 3 aromatic rings. The lowest BCUT2D eigenvalue weighted by Gasteiger charge is -1.95. The van der Waals surface area contributed by atoms with Crippen molar-refractivity contribution in [3.8, 4) is 16.3 Å². The van der Waals surface area contributed by atoms with Gasteiger partial charge in [0.1, 0.15) is 10.8 Å². The third kappa shape index (κ3) is 1.66. The second-order valence-electron chi connectivity index (χ2n) is 3.62. The Morgan fingerprint density at radius 1 is 1.35 bits per heavy atom. The molecular formula is C11H10N4OS. The van der Waals surface area contributed by atoms with Crippen LogP contribution in [0.4, 0.5) is 0 Å². The van der Waals surface area contributed by atoms with E-state index < -0.39 is 0 Å². The average molecular weight is 246 g/mol. The van der Waals surface area contributed by atoms with Gasteiger partial charge in [0.25, 0.3) is 0 Å². The molecule has 0 aliphatic carbocycles. The van der Waals surface area contributed by atoms with Gasteiger partial charge in [0.2, 0.25) is 4.96 Å². The highest BCUT2D eigenvalue weighted by Crippen LogP contribution is 2.27. The SMILES string of the molecule is CCc1nnc2sc(-c3cccc(O)c3)nn12. The lowest BCUT2D eigenvalue weighted by Crippen LogP contribution is -1.93. The van der Waals surface area contributed by atoms with Gasteiger partial charge in [-0.15, -0.1) is 10.2 Å². The van der Waals surface area contributed by atoms with E-state index in [0.29, 0.717) is 0 Å². The quantitative estimate of drug-likeness (QED) is 0.752. The molecule has 86 valence electrons. The van der Waals surface area contributed by atoms with Crippen LogP contribution in [0.5, 0.6) is 5.75 Å². The molecule has 3 rings (SSSR count). The molecule has 0 aliphatic heterocycles. The molecular weight excluding hydrogens is 236 g/mol. The van der Waals surface area contributed by atoms with Crippen LogP contribution >= 0.6 is 11.3 Å². The van der Waals surface area contributed by atoms with Crippen LogP contribution in [-0.2, 0) is 6.42 Å². The van der Waals surface area contributed by atoms with Crippen molar-refractivity contribution >= 4 is 16.3 Å². The van der Waals surface area contributed by atoms with Crippen molar-refractivity contribution in [1.29, 1.82) is 0 Å². The number of nitrogens with zero attached hydrogens (tertiary/aromatic N) is 4. The van der Waals surface area contributed by atoms with Crippen molar-refractivity contribution < 1.29 is 5.11 Å². The molecule has 0 bridgehead atoms. The maximum Gasteiger partial charge on any atom is 0.234 e. The molecule has 0 radical (unpaired) electrons. The second-order valence-corrected chi connectivity index (χ2v) is 4.58. The number of rotatable bonds is 2. The van der Waals surface area contributed by atoms with Crippen LogP contribution in [0.2, 0.25) is 0 Å². The number of aromatic hydroxyl groups is 1. The molecule has 0 fully saturated rings. The molecule has 0 aliphatic rings. The Morgan fingerprint density at radius 2 is 2.24 bits per heavy atom. The topological polar surface area (TPSA) is 63.3 Å². The highest BCUT2D eigenvalue weighted by molar-refractivity contribution is 7.19. The zero-order valence-corrected chi connectivity index (χ0v) is 9.98. The second kappa shape index (κ2) is 3.81. The molecule has 0 unspecified atom stereocenters. The zero-order valence-electron chi connectivity index (χ0n) is 9.16. The van der Waals surface area contributed by atoms with E-state index in [1.54, 1.807) is 22.7 Å². The van der Waals surface area contributed by atoms with E-state index in [9.17, 15) is 5.11 Å². The number of phenolic OH excluding ortho intramolecular Hbond substituents is 1. The molecule has 6 heteroatoms. The summed E-state index contributed by atoms with van der Waals surface area (Å²) in [6, 6.07) is 7.05. The molecule has 1 N–H and O–H groups in total. The van der Waals surface area contributed by atoms with Crippen molar-refractivity contribution in [3.63, 3.8) is 0 Å². The minimum Gasteiger partial charge on any atom is -0.508 e. The van der Waals surface area contributed by atoms with E-state index in [-0.39, 0.29) is 5.75 Å². The molecule has 0 atom stereocenters. The van der Waals surface area contributed by atoms with Gasteiger partial charge in [-0.05, 0) is 12.1 Å². The first kappa shape index (κ1) is 10.2. The van der Waals surface area contributed by atoms with Crippen molar-refractivity contribution in [1.82, 2.24) is 19.8 Å². The largest absolute Gasteiger partial charge is 0.508 e. The van der Waals surface area contributed by atoms with Gasteiger partial charge in [-0.1, -0.05) is 30.4 Å². The highest BCUT2D eigenvalue weighted by atomic mass is 32.1. The first-order chi connectivity index (χ1) is 8.28. The van der Waals surface area contributed by atoms with Gasteiger partial charge in [-0.25, -0.2) is 0 Å². The molecule has 0 amide bonds. The van der Waals surface area contributed by atoms with Gasteiger partial charge in [-0.2, -0.15) is 9.61 Å². The van der Waals surface area contributed by atoms with Crippen LogP contribution in [-0.4, -0.2) is 24.9 Å². The van der Waals surface area contributed by atoms with E-state index in [2.05, 4.69) is 15.3 Å². The van der Waals surface area contributed by atoms with Crippen molar-refractivity contribution in [2.75, 3.05) is 0 Å². The fourth-order valence-corrected chi connectivity index (χ4v) is 2.49. The lowest BCUT2D eigenvalue weighted by molar-refractivity contribution is 0.475. The first-order valence-electron chi connectivity index (χ1n) is 5.28. The summed E-state index contributed by atoms with van der Waals surface area (Å²) in [5, 5.41) is 22.8. The Hall–Kier alpha value is -1.95. The van der Waals surface area contributed by atoms with Gasteiger partial charge in [0.15, 0.2) is 5.82 Å². The van der Waals surface area contributed by atoms with Crippen LogP contribution in [0.3, 0.4) is 0 Å². The van der Waals surface area contributed by atoms with Crippen LogP contribution < -0.4 is 0 Å². The summed E-state index contributed by atoms with van der Waals surface area (Å²) in [6.07, 6.45) is 0.796. The first-order valence-corrected chi connectivity index (χ1v) is 6.10. The molecule has 0 saturated heterocycles.